The summed E-state index contributed by atoms with van der Waals surface area (Å²) in [6, 6.07) is 10.1. The van der Waals surface area contributed by atoms with E-state index in [4.69, 9.17) is 0 Å². The first-order valence-corrected chi connectivity index (χ1v) is 10.5. The van der Waals surface area contributed by atoms with Crippen LogP contribution in [0, 0.1) is 6.92 Å². The van der Waals surface area contributed by atoms with E-state index in [0.29, 0.717) is 29.7 Å². The molecule has 0 aliphatic heterocycles. The van der Waals surface area contributed by atoms with Gasteiger partial charge in [-0.05, 0) is 50.6 Å². The van der Waals surface area contributed by atoms with E-state index in [-0.39, 0.29) is 16.8 Å². The summed E-state index contributed by atoms with van der Waals surface area (Å²) in [6.45, 7) is 10.0. The lowest BCUT2D eigenvalue weighted by Gasteiger charge is -2.19. The number of nitrogens with zero attached hydrogens (tertiary/aromatic N) is 3. The van der Waals surface area contributed by atoms with E-state index < -0.39 is 10.0 Å². The molecular weight excluding hydrogens is 362 g/mol. The largest absolute Gasteiger partial charge is 0.268 e. The molecule has 1 heterocycles. The summed E-state index contributed by atoms with van der Waals surface area (Å²) in [5.41, 5.74) is 1.60. The molecular formula is C20H27N3O3S. The summed E-state index contributed by atoms with van der Waals surface area (Å²) < 4.78 is 28.5. The van der Waals surface area contributed by atoms with Gasteiger partial charge < -0.3 is 0 Å². The number of aromatic nitrogens is 1. The topological polar surface area (TPSA) is 71.7 Å². The highest BCUT2D eigenvalue weighted by atomic mass is 32.2. The summed E-state index contributed by atoms with van der Waals surface area (Å²) in [5.74, 6) is -0.302. The maximum atomic E-state index is 13.2. The molecule has 0 aliphatic carbocycles. The van der Waals surface area contributed by atoms with Gasteiger partial charge in [-0.25, -0.2) is 8.42 Å². The van der Waals surface area contributed by atoms with Gasteiger partial charge in [-0.1, -0.05) is 26.0 Å². The number of carbonyl (C=O) groups excluding carboxylic acids is 1. The number of sulfonamides is 1. The van der Waals surface area contributed by atoms with Crippen LogP contribution in [-0.4, -0.2) is 42.3 Å². The lowest BCUT2D eigenvalue weighted by atomic mass is 10.1. The van der Waals surface area contributed by atoms with Gasteiger partial charge in [0.15, 0.2) is 0 Å². The fourth-order valence-corrected chi connectivity index (χ4v) is 4.29. The van der Waals surface area contributed by atoms with Gasteiger partial charge in [-0.2, -0.15) is 4.31 Å². The van der Waals surface area contributed by atoms with Crippen molar-refractivity contribution < 1.29 is 13.2 Å². The zero-order valence-corrected chi connectivity index (χ0v) is 17.3. The minimum absolute atomic E-state index is 0.0296. The summed E-state index contributed by atoms with van der Waals surface area (Å²) in [7, 11) is -3.64. The van der Waals surface area contributed by atoms with E-state index in [9.17, 15) is 13.2 Å². The molecule has 0 N–H and O–H groups in total. The quantitative estimate of drug-likeness (QED) is 0.763. The molecule has 0 bridgehead atoms. The molecule has 1 aromatic carbocycles. The zero-order valence-electron chi connectivity index (χ0n) is 16.5. The number of pyridine rings is 1. The summed E-state index contributed by atoms with van der Waals surface area (Å²) in [5, 5.41) is 0. The van der Waals surface area contributed by atoms with Crippen molar-refractivity contribution >= 4 is 15.9 Å². The van der Waals surface area contributed by atoms with E-state index in [1.54, 1.807) is 51.2 Å². The highest BCUT2D eigenvalue weighted by molar-refractivity contribution is 7.89. The third-order valence-electron chi connectivity index (χ3n) is 4.23. The molecule has 2 aromatic rings. The van der Waals surface area contributed by atoms with Gasteiger partial charge >= 0.3 is 0 Å². The van der Waals surface area contributed by atoms with Crippen LogP contribution < -0.4 is 5.49 Å². The smallest absolute Gasteiger partial charge is 0.263 e. The Balaban J connectivity index is 2.60. The number of hydrogen-bond acceptors (Lipinski definition) is 4. The summed E-state index contributed by atoms with van der Waals surface area (Å²) in [4.78, 5) is 17.8. The first-order chi connectivity index (χ1) is 12.7. The minimum Gasteiger partial charge on any atom is -0.268 e. The maximum absolute atomic E-state index is 13.2. The Morgan fingerprint density at radius 1 is 1.15 bits per heavy atom. The molecule has 27 heavy (non-hydrogen) atoms. The van der Waals surface area contributed by atoms with Crippen LogP contribution in [0.2, 0.25) is 0 Å². The molecule has 6 nitrogen and oxygen atoms in total. The molecule has 0 atom stereocenters. The van der Waals surface area contributed by atoms with Gasteiger partial charge in [0, 0.05) is 30.9 Å². The number of rotatable bonds is 6. The third-order valence-corrected chi connectivity index (χ3v) is 6.28. The Bertz CT molecular complexity index is 988. The number of hydrogen-bond donors (Lipinski definition) is 0. The van der Waals surface area contributed by atoms with Crippen molar-refractivity contribution in [3.8, 4) is 0 Å². The van der Waals surface area contributed by atoms with Crippen LogP contribution in [0.25, 0.3) is 0 Å². The molecule has 1 aromatic heterocycles. The lowest BCUT2D eigenvalue weighted by Crippen LogP contribution is -2.31. The fourth-order valence-electron chi connectivity index (χ4n) is 2.81. The zero-order chi connectivity index (χ0) is 20.2. The minimum atomic E-state index is -3.64. The first kappa shape index (κ1) is 21.1. The van der Waals surface area contributed by atoms with Gasteiger partial charge in [0.2, 0.25) is 10.0 Å². The molecule has 0 saturated carbocycles. The van der Waals surface area contributed by atoms with Crippen molar-refractivity contribution in [1.29, 1.82) is 0 Å². The van der Waals surface area contributed by atoms with E-state index in [0.717, 1.165) is 0 Å². The molecule has 146 valence electrons. The molecule has 0 radical (unpaired) electrons. The number of benzene rings is 1. The predicted molar refractivity (Wildman–Crippen MR) is 106 cm³/mol. The molecule has 0 fully saturated rings. The number of carbonyl (C=O) groups is 1. The summed E-state index contributed by atoms with van der Waals surface area (Å²) in [6.07, 6.45) is 1.65. The third kappa shape index (κ3) is 4.54. The van der Waals surface area contributed by atoms with Gasteiger partial charge in [0.05, 0.1) is 4.90 Å². The Morgan fingerprint density at radius 3 is 2.41 bits per heavy atom. The van der Waals surface area contributed by atoms with Crippen molar-refractivity contribution in [2.24, 2.45) is 4.99 Å². The average Bonchev–Trinajstić information content (AvgIpc) is 2.62. The SMILES string of the molecule is CCN(CC)S(=O)(=O)c1ccc(C)c(C(=O)n2ccccc2=NC(C)C)c1. The standard InChI is InChI=1S/C20H27N3O3S/c1-6-22(7-2)27(25,26)17-12-11-16(5)18(14-17)20(24)23-13-9-8-10-19(23)21-15(3)4/h8-15H,6-7H2,1-5H3. The van der Waals surface area contributed by atoms with E-state index >= 15 is 0 Å². The second-order valence-electron chi connectivity index (χ2n) is 6.52. The normalized spacial score (nSPS) is 12.8. The van der Waals surface area contributed by atoms with Crippen molar-refractivity contribution in [2.75, 3.05) is 13.1 Å². The van der Waals surface area contributed by atoms with Gasteiger partial charge in [0.1, 0.15) is 5.49 Å². The number of aryl methyl sites for hydroxylation is 1. The second-order valence-corrected chi connectivity index (χ2v) is 8.46. The molecule has 0 saturated heterocycles. The maximum Gasteiger partial charge on any atom is 0.263 e. The fraction of sp³-hybridized carbons (Fsp3) is 0.400. The highest BCUT2D eigenvalue weighted by Crippen LogP contribution is 2.20. The molecule has 0 amide bonds. The van der Waals surface area contributed by atoms with Gasteiger partial charge in [-0.3, -0.25) is 14.4 Å². The van der Waals surface area contributed by atoms with Crippen LogP contribution in [-0.2, 0) is 10.0 Å². The van der Waals surface area contributed by atoms with Crippen LogP contribution >= 0.6 is 0 Å². The highest BCUT2D eigenvalue weighted by Gasteiger charge is 2.23. The molecule has 0 aliphatic rings. The van der Waals surface area contributed by atoms with Crippen LogP contribution in [0.15, 0.2) is 52.5 Å². The predicted octanol–water partition coefficient (Wildman–Crippen LogP) is 2.82. The molecule has 7 heteroatoms. The lowest BCUT2D eigenvalue weighted by molar-refractivity contribution is 0.0953. The molecule has 2 rings (SSSR count). The van der Waals surface area contributed by atoms with Gasteiger partial charge in [0.25, 0.3) is 5.91 Å². The molecule has 0 spiro atoms. The Hall–Kier alpha value is -2.25. The van der Waals surface area contributed by atoms with E-state index in [2.05, 4.69) is 4.99 Å². The van der Waals surface area contributed by atoms with E-state index in [1.165, 1.54) is 14.9 Å². The van der Waals surface area contributed by atoms with Crippen LogP contribution in [0.4, 0.5) is 0 Å². The average molecular weight is 390 g/mol. The van der Waals surface area contributed by atoms with Crippen molar-refractivity contribution in [3.63, 3.8) is 0 Å². The van der Waals surface area contributed by atoms with Crippen LogP contribution in [0.3, 0.4) is 0 Å². The summed E-state index contributed by atoms with van der Waals surface area (Å²) >= 11 is 0. The van der Waals surface area contributed by atoms with Crippen molar-refractivity contribution in [2.45, 2.75) is 45.6 Å². The Kier molecular flexibility index (Phi) is 6.73. The Morgan fingerprint density at radius 2 is 1.81 bits per heavy atom. The second kappa shape index (κ2) is 8.63. The monoisotopic (exact) mass is 389 g/mol. The Labute approximate surface area is 161 Å². The van der Waals surface area contributed by atoms with E-state index in [1.807, 2.05) is 19.9 Å². The first-order valence-electron chi connectivity index (χ1n) is 9.09. The van der Waals surface area contributed by atoms with Crippen LogP contribution in [0.1, 0.15) is 43.6 Å². The van der Waals surface area contributed by atoms with Gasteiger partial charge in [-0.15, -0.1) is 0 Å². The van der Waals surface area contributed by atoms with Crippen molar-refractivity contribution in [3.05, 3.63) is 59.2 Å². The molecule has 0 unspecified atom stereocenters. The van der Waals surface area contributed by atoms with Crippen LogP contribution in [0.5, 0.6) is 0 Å². The van der Waals surface area contributed by atoms with Crippen molar-refractivity contribution in [1.82, 2.24) is 8.87 Å².